The van der Waals surface area contributed by atoms with Gasteiger partial charge in [0.15, 0.2) is 0 Å². The van der Waals surface area contributed by atoms with Crippen molar-refractivity contribution in [3.63, 3.8) is 0 Å². The van der Waals surface area contributed by atoms with Gasteiger partial charge in [-0.15, -0.1) is 0 Å². The van der Waals surface area contributed by atoms with Gasteiger partial charge in [0.05, 0.1) is 15.5 Å². The number of anilines is 1. The molecule has 0 aliphatic carbocycles. The minimum atomic E-state index is -3.56. The summed E-state index contributed by atoms with van der Waals surface area (Å²) >= 11 is 6.15. The average molecular weight is 518 g/mol. The molecule has 9 heteroatoms. The molecule has 1 atom stereocenters. The van der Waals surface area contributed by atoms with Gasteiger partial charge in [0.2, 0.25) is 15.9 Å². The molecule has 0 aromatic heterocycles. The number of piperidine rings is 2. The van der Waals surface area contributed by atoms with Crippen LogP contribution in [-0.2, 0) is 14.8 Å². The first-order chi connectivity index (χ1) is 16.8. The molecule has 2 aliphatic rings. The molecular formula is C26H32ClN3O4S. The van der Waals surface area contributed by atoms with Crippen LogP contribution in [0.1, 0.15) is 55.8 Å². The maximum absolute atomic E-state index is 13.1. The van der Waals surface area contributed by atoms with E-state index in [2.05, 4.69) is 5.32 Å². The van der Waals surface area contributed by atoms with Crippen LogP contribution < -0.4 is 5.32 Å². The number of nitrogens with zero attached hydrogens (tertiary/aromatic N) is 2. The van der Waals surface area contributed by atoms with Gasteiger partial charge in [0.1, 0.15) is 0 Å². The number of amides is 2. The van der Waals surface area contributed by atoms with Crippen molar-refractivity contribution in [1.82, 2.24) is 9.21 Å². The van der Waals surface area contributed by atoms with Crippen molar-refractivity contribution < 1.29 is 18.0 Å². The van der Waals surface area contributed by atoms with Crippen molar-refractivity contribution in [1.29, 1.82) is 0 Å². The molecule has 2 amide bonds. The van der Waals surface area contributed by atoms with E-state index in [-0.39, 0.29) is 28.7 Å². The summed E-state index contributed by atoms with van der Waals surface area (Å²) in [4.78, 5) is 27.5. The van der Waals surface area contributed by atoms with E-state index in [1.807, 2.05) is 6.92 Å². The van der Waals surface area contributed by atoms with Gasteiger partial charge in [-0.2, -0.15) is 4.31 Å². The second-order valence-electron chi connectivity index (χ2n) is 9.23. The molecule has 7 nitrogen and oxygen atoms in total. The number of carbonyl (C=O) groups is 2. The molecule has 0 saturated carbocycles. The molecule has 2 aromatic carbocycles. The zero-order valence-corrected chi connectivity index (χ0v) is 21.5. The van der Waals surface area contributed by atoms with Gasteiger partial charge < -0.3 is 10.2 Å². The van der Waals surface area contributed by atoms with Crippen LogP contribution in [0.25, 0.3) is 0 Å². The fraction of sp³-hybridized carbons (Fsp3) is 0.462. The van der Waals surface area contributed by atoms with Crippen LogP contribution in [0.15, 0.2) is 53.4 Å². The van der Waals surface area contributed by atoms with Gasteiger partial charge in [-0.1, -0.05) is 37.1 Å². The molecule has 2 saturated heterocycles. The lowest BCUT2D eigenvalue weighted by Crippen LogP contribution is -2.43. The lowest BCUT2D eigenvalue weighted by atomic mass is 9.95. The summed E-state index contributed by atoms with van der Waals surface area (Å²) in [6.07, 6.45) is 4.75. The Balaban J connectivity index is 1.34. The number of benzene rings is 2. The highest BCUT2D eigenvalue weighted by Gasteiger charge is 2.33. The van der Waals surface area contributed by atoms with Crippen LogP contribution >= 0.6 is 11.6 Å². The predicted octanol–water partition coefficient (Wildman–Crippen LogP) is 4.78. The second kappa shape index (κ2) is 11.1. The van der Waals surface area contributed by atoms with Crippen LogP contribution in [0.4, 0.5) is 5.69 Å². The van der Waals surface area contributed by atoms with E-state index in [1.54, 1.807) is 57.7 Å². The topological polar surface area (TPSA) is 86.8 Å². The Bertz CT molecular complexity index is 1160. The van der Waals surface area contributed by atoms with Crippen LogP contribution in [0.3, 0.4) is 0 Å². The average Bonchev–Trinajstić information content (AvgIpc) is 2.89. The standard InChI is InChI=1S/C26H32ClN3O4S/c1-2-21-7-5-6-16-30(21)35(33,34)22-12-10-20(11-13-22)28-25(31)19-14-17-29(18-15-19)26(32)23-8-3-4-9-24(23)27/h3-4,8-13,19,21H,2,5-7,14-18H2,1H3,(H,28,31). The minimum absolute atomic E-state index is 0.0452. The van der Waals surface area contributed by atoms with E-state index in [4.69, 9.17) is 11.6 Å². The molecule has 188 valence electrons. The summed E-state index contributed by atoms with van der Waals surface area (Å²) in [7, 11) is -3.56. The third-order valence-corrected chi connectivity index (χ3v) is 9.33. The van der Waals surface area contributed by atoms with Crippen molar-refractivity contribution in [3.05, 3.63) is 59.1 Å². The molecule has 2 aliphatic heterocycles. The number of halogens is 1. The maximum atomic E-state index is 13.1. The molecule has 2 aromatic rings. The highest BCUT2D eigenvalue weighted by molar-refractivity contribution is 7.89. The maximum Gasteiger partial charge on any atom is 0.255 e. The summed E-state index contributed by atoms with van der Waals surface area (Å²) < 4.78 is 27.9. The van der Waals surface area contributed by atoms with Gasteiger partial charge >= 0.3 is 0 Å². The number of hydrogen-bond acceptors (Lipinski definition) is 4. The van der Waals surface area contributed by atoms with E-state index in [1.165, 1.54) is 0 Å². The van der Waals surface area contributed by atoms with Gasteiger partial charge in [-0.3, -0.25) is 9.59 Å². The van der Waals surface area contributed by atoms with Crippen molar-refractivity contribution in [3.8, 4) is 0 Å². The summed E-state index contributed by atoms with van der Waals surface area (Å²) in [6, 6.07) is 13.4. The van der Waals surface area contributed by atoms with Gasteiger partial charge in [-0.05, 0) is 68.5 Å². The zero-order valence-electron chi connectivity index (χ0n) is 20.0. The molecule has 1 N–H and O–H groups in total. The Morgan fingerprint density at radius 3 is 2.31 bits per heavy atom. The Labute approximate surface area is 212 Å². The molecular weight excluding hydrogens is 486 g/mol. The number of nitrogens with one attached hydrogen (secondary N) is 1. The molecule has 4 rings (SSSR count). The van der Waals surface area contributed by atoms with Crippen LogP contribution in [0, 0.1) is 5.92 Å². The van der Waals surface area contributed by atoms with E-state index >= 15 is 0 Å². The van der Waals surface area contributed by atoms with Crippen molar-refractivity contribution in [2.24, 2.45) is 5.92 Å². The number of sulfonamides is 1. The lowest BCUT2D eigenvalue weighted by molar-refractivity contribution is -0.121. The Morgan fingerprint density at radius 2 is 1.66 bits per heavy atom. The third kappa shape index (κ3) is 5.71. The predicted molar refractivity (Wildman–Crippen MR) is 137 cm³/mol. The molecule has 1 unspecified atom stereocenters. The number of hydrogen-bond donors (Lipinski definition) is 1. The minimum Gasteiger partial charge on any atom is -0.339 e. The Kier molecular flexibility index (Phi) is 8.14. The first-order valence-electron chi connectivity index (χ1n) is 12.3. The monoisotopic (exact) mass is 517 g/mol. The number of likely N-dealkylation sites (tertiary alicyclic amines) is 1. The summed E-state index contributed by atoms with van der Waals surface area (Å²) in [5.74, 6) is -0.454. The highest BCUT2D eigenvalue weighted by Crippen LogP contribution is 2.28. The van der Waals surface area contributed by atoms with E-state index < -0.39 is 10.0 Å². The fourth-order valence-electron chi connectivity index (χ4n) is 4.94. The Hall–Kier alpha value is -2.42. The smallest absolute Gasteiger partial charge is 0.255 e. The van der Waals surface area contributed by atoms with Crippen LogP contribution in [-0.4, -0.2) is 55.1 Å². The van der Waals surface area contributed by atoms with E-state index in [9.17, 15) is 18.0 Å². The highest BCUT2D eigenvalue weighted by atomic mass is 35.5. The second-order valence-corrected chi connectivity index (χ2v) is 11.5. The number of carbonyl (C=O) groups excluding carboxylic acids is 2. The molecule has 0 bridgehead atoms. The molecule has 2 fully saturated rings. The van der Waals surface area contributed by atoms with Crippen molar-refractivity contribution in [2.75, 3.05) is 25.0 Å². The van der Waals surface area contributed by atoms with E-state index in [0.29, 0.717) is 48.7 Å². The van der Waals surface area contributed by atoms with Crippen molar-refractivity contribution in [2.45, 2.75) is 56.4 Å². The largest absolute Gasteiger partial charge is 0.339 e. The molecule has 2 heterocycles. The van der Waals surface area contributed by atoms with Crippen LogP contribution in [0.2, 0.25) is 5.02 Å². The fourth-order valence-corrected chi connectivity index (χ4v) is 6.92. The van der Waals surface area contributed by atoms with E-state index in [0.717, 1.165) is 25.7 Å². The van der Waals surface area contributed by atoms with Crippen molar-refractivity contribution >= 4 is 39.1 Å². The first kappa shape index (κ1) is 25.7. The quantitative estimate of drug-likeness (QED) is 0.597. The van der Waals surface area contributed by atoms with Gasteiger partial charge in [-0.25, -0.2) is 8.42 Å². The summed E-state index contributed by atoms with van der Waals surface area (Å²) in [5.41, 5.74) is 1.04. The number of rotatable bonds is 6. The first-order valence-corrected chi connectivity index (χ1v) is 14.1. The zero-order chi connectivity index (χ0) is 25.0. The molecule has 0 spiro atoms. The van der Waals surface area contributed by atoms with Crippen LogP contribution in [0.5, 0.6) is 0 Å². The Morgan fingerprint density at radius 1 is 0.971 bits per heavy atom. The summed E-state index contributed by atoms with van der Waals surface area (Å²) in [5, 5.41) is 3.33. The normalized spacial score (nSPS) is 19.9. The SMILES string of the molecule is CCC1CCCCN1S(=O)(=O)c1ccc(NC(=O)C2CCN(C(=O)c3ccccc3Cl)CC2)cc1. The lowest BCUT2D eigenvalue weighted by Gasteiger charge is -2.34. The molecule has 0 radical (unpaired) electrons. The third-order valence-electron chi connectivity index (χ3n) is 7.03. The van der Waals surface area contributed by atoms with Gasteiger partial charge in [0.25, 0.3) is 5.91 Å². The van der Waals surface area contributed by atoms with Gasteiger partial charge in [0, 0.05) is 37.3 Å². The summed E-state index contributed by atoms with van der Waals surface area (Å²) in [6.45, 7) is 3.53. The molecule has 35 heavy (non-hydrogen) atoms.